The van der Waals surface area contributed by atoms with Gasteiger partial charge in [-0.3, -0.25) is 4.98 Å². The second-order valence-corrected chi connectivity index (χ2v) is 6.42. The molecule has 2 aromatic rings. The molecule has 0 unspecified atom stereocenters. The van der Waals surface area contributed by atoms with Crippen LogP contribution in [0.3, 0.4) is 0 Å². The highest BCUT2D eigenvalue weighted by molar-refractivity contribution is 5.75. The number of nitrogens with one attached hydrogen (secondary N) is 1. The average Bonchev–Trinajstić information content (AvgIpc) is 3.09. The van der Waals surface area contributed by atoms with Crippen LogP contribution in [0.15, 0.2) is 18.5 Å². The first kappa shape index (κ1) is 12.6. The predicted molar refractivity (Wildman–Crippen MR) is 77.3 cm³/mol. The van der Waals surface area contributed by atoms with Crippen molar-refractivity contribution in [3.8, 4) is 0 Å². The van der Waals surface area contributed by atoms with Gasteiger partial charge in [0, 0.05) is 30.7 Å². The van der Waals surface area contributed by atoms with Gasteiger partial charge in [-0.05, 0) is 39.7 Å². The molecule has 0 saturated heterocycles. The smallest absolute Gasteiger partial charge is 0.111 e. The second-order valence-electron chi connectivity index (χ2n) is 6.42. The van der Waals surface area contributed by atoms with Crippen molar-refractivity contribution in [2.45, 2.75) is 51.6 Å². The van der Waals surface area contributed by atoms with Crippen LogP contribution in [-0.4, -0.2) is 26.6 Å². The molecule has 1 N–H and O–H groups in total. The molecule has 3 rings (SSSR count). The van der Waals surface area contributed by atoms with Crippen molar-refractivity contribution >= 4 is 11.0 Å². The third-order valence-corrected chi connectivity index (χ3v) is 3.48. The molecule has 0 spiro atoms. The molecule has 19 heavy (non-hydrogen) atoms. The second kappa shape index (κ2) is 4.60. The summed E-state index contributed by atoms with van der Waals surface area (Å²) in [5.74, 6) is 1.20. The van der Waals surface area contributed by atoms with Crippen molar-refractivity contribution in [3.63, 3.8) is 0 Å². The quantitative estimate of drug-likeness (QED) is 0.917. The lowest BCUT2D eigenvalue weighted by Gasteiger charge is -2.20. The first-order chi connectivity index (χ1) is 9.04. The summed E-state index contributed by atoms with van der Waals surface area (Å²) in [6.45, 7) is 7.55. The predicted octanol–water partition coefficient (Wildman–Crippen LogP) is 2.70. The summed E-state index contributed by atoms with van der Waals surface area (Å²) in [4.78, 5) is 8.93. The number of fused-ring (bicyclic) bond motifs is 1. The average molecular weight is 258 g/mol. The van der Waals surface area contributed by atoms with Crippen LogP contribution < -0.4 is 5.32 Å². The Kier molecular flexibility index (Phi) is 3.05. The van der Waals surface area contributed by atoms with Crippen LogP contribution >= 0.6 is 0 Å². The summed E-state index contributed by atoms with van der Waals surface area (Å²) >= 11 is 0. The number of imidazole rings is 1. The molecule has 0 aliphatic heterocycles. The number of nitrogens with zero attached hydrogens (tertiary/aromatic N) is 3. The Labute approximate surface area is 114 Å². The Morgan fingerprint density at radius 2 is 2.16 bits per heavy atom. The molecule has 2 heterocycles. The molecule has 4 nitrogen and oxygen atoms in total. The van der Waals surface area contributed by atoms with E-state index in [1.165, 1.54) is 24.2 Å². The highest BCUT2D eigenvalue weighted by Crippen LogP contribution is 2.38. The van der Waals surface area contributed by atoms with E-state index >= 15 is 0 Å². The molecular formula is C15H22N4. The van der Waals surface area contributed by atoms with Crippen molar-refractivity contribution in [3.05, 3.63) is 24.3 Å². The Morgan fingerprint density at radius 3 is 2.84 bits per heavy atom. The van der Waals surface area contributed by atoms with E-state index in [2.05, 4.69) is 41.7 Å². The van der Waals surface area contributed by atoms with Crippen molar-refractivity contribution in [2.24, 2.45) is 0 Å². The minimum Gasteiger partial charge on any atom is -0.325 e. The number of aromatic nitrogens is 3. The third kappa shape index (κ3) is 2.78. The zero-order chi connectivity index (χ0) is 13.5. The molecule has 0 amide bonds. The van der Waals surface area contributed by atoms with Crippen LogP contribution in [-0.2, 0) is 6.42 Å². The normalized spacial score (nSPS) is 16.2. The number of rotatable bonds is 4. The summed E-state index contributed by atoms with van der Waals surface area (Å²) in [5, 5.41) is 3.53. The maximum absolute atomic E-state index is 4.75. The van der Waals surface area contributed by atoms with Crippen molar-refractivity contribution < 1.29 is 0 Å². The SMILES string of the molecule is CC(C)(C)NCCc1nc2cnccc2n1C1CC1. The molecule has 1 fully saturated rings. The number of hydrogen-bond donors (Lipinski definition) is 1. The van der Waals surface area contributed by atoms with E-state index in [0.717, 1.165) is 18.5 Å². The Morgan fingerprint density at radius 1 is 1.37 bits per heavy atom. The summed E-state index contributed by atoms with van der Waals surface area (Å²) < 4.78 is 2.42. The molecule has 4 heteroatoms. The Bertz CT molecular complexity index is 575. The van der Waals surface area contributed by atoms with Gasteiger partial charge in [-0.15, -0.1) is 0 Å². The van der Waals surface area contributed by atoms with Crippen LogP contribution in [0.1, 0.15) is 45.5 Å². The van der Waals surface area contributed by atoms with Crippen molar-refractivity contribution in [1.29, 1.82) is 0 Å². The molecule has 1 aliphatic rings. The fraction of sp³-hybridized carbons (Fsp3) is 0.600. The fourth-order valence-corrected chi connectivity index (χ4v) is 2.47. The largest absolute Gasteiger partial charge is 0.325 e. The van der Waals surface area contributed by atoms with Crippen molar-refractivity contribution in [2.75, 3.05) is 6.54 Å². The van der Waals surface area contributed by atoms with E-state index in [0.29, 0.717) is 6.04 Å². The molecule has 1 saturated carbocycles. The van der Waals surface area contributed by atoms with Gasteiger partial charge in [-0.25, -0.2) is 4.98 Å². The molecule has 0 bridgehead atoms. The summed E-state index contributed by atoms with van der Waals surface area (Å²) in [5.41, 5.74) is 2.43. The monoisotopic (exact) mass is 258 g/mol. The lowest BCUT2D eigenvalue weighted by Crippen LogP contribution is -2.37. The fourth-order valence-electron chi connectivity index (χ4n) is 2.47. The van der Waals surface area contributed by atoms with Crippen LogP contribution in [0.25, 0.3) is 11.0 Å². The summed E-state index contributed by atoms with van der Waals surface area (Å²) in [7, 11) is 0. The van der Waals surface area contributed by atoms with Gasteiger partial charge in [-0.2, -0.15) is 0 Å². The third-order valence-electron chi connectivity index (χ3n) is 3.48. The number of pyridine rings is 1. The first-order valence-electron chi connectivity index (χ1n) is 7.10. The van der Waals surface area contributed by atoms with E-state index in [9.17, 15) is 0 Å². The Balaban J connectivity index is 1.84. The molecule has 1 aliphatic carbocycles. The highest BCUT2D eigenvalue weighted by Gasteiger charge is 2.28. The molecule has 102 valence electrons. The van der Waals surface area contributed by atoms with Gasteiger partial charge in [-0.1, -0.05) is 0 Å². The molecule has 0 aromatic carbocycles. The molecular weight excluding hydrogens is 236 g/mol. The standard InChI is InChI=1S/C15H22N4/c1-15(2,3)17-9-7-14-18-12-10-16-8-6-13(12)19(14)11-4-5-11/h6,8,10-11,17H,4-5,7,9H2,1-3H3. The minimum atomic E-state index is 0.165. The topological polar surface area (TPSA) is 42.7 Å². The number of hydrogen-bond acceptors (Lipinski definition) is 3. The summed E-state index contributed by atoms with van der Waals surface area (Å²) in [6, 6.07) is 2.75. The minimum absolute atomic E-state index is 0.165. The van der Waals surface area contributed by atoms with E-state index < -0.39 is 0 Å². The van der Waals surface area contributed by atoms with Crippen molar-refractivity contribution in [1.82, 2.24) is 19.9 Å². The van der Waals surface area contributed by atoms with Gasteiger partial charge in [0.1, 0.15) is 11.3 Å². The van der Waals surface area contributed by atoms with Gasteiger partial charge in [0.15, 0.2) is 0 Å². The molecule has 0 atom stereocenters. The van der Waals surface area contributed by atoms with Gasteiger partial charge < -0.3 is 9.88 Å². The lowest BCUT2D eigenvalue weighted by molar-refractivity contribution is 0.425. The van der Waals surface area contributed by atoms with E-state index in [1.54, 1.807) is 0 Å². The maximum atomic E-state index is 4.75. The highest BCUT2D eigenvalue weighted by atomic mass is 15.1. The van der Waals surface area contributed by atoms with Gasteiger partial charge in [0.25, 0.3) is 0 Å². The van der Waals surface area contributed by atoms with E-state index in [1.807, 2.05) is 12.4 Å². The van der Waals surface area contributed by atoms with Crippen LogP contribution in [0.5, 0.6) is 0 Å². The van der Waals surface area contributed by atoms with Gasteiger partial charge in [0.05, 0.1) is 11.7 Å². The van der Waals surface area contributed by atoms with Crippen LogP contribution in [0, 0.1) is 0 Å². The zero-order valence-electron chi connectivity index (χ0n) is 12.0. The van der Waals surface area contributed by atoms with Crippen LogP contribution in [0.2, 0.25) is 0 Å². The van der Waals surface area contributed by atoms with Crippen LogP contribution in [0.4, 0.5) is 0 Å². The molecule has 0 radical (unpaired) electrons. The lowest BCUT2D eigenvalue weighted by atomic mass is 10.1. The maximum Gasteiger partial charge on any atom is 0.111 e. The first-order valence-corrected chi connectivity index (χ1v) is 7.10. The van der Waals surface area contributed by atoms with Gasteiger partial charge in [0.2, 0.25) is 0 Å². The van der Waals surface area contributed by atoms with Gasteiger partial charge >= 0.3 is 0 Å². The zero-order valence-corrected chi connectivity index (χ0v) is 12.0. The Hall–Kier alpha value is -1.42. The van der Waals surface area contributed by atoms with E-state index in [4.69, 9.17) is 4.98 Å². The summed E-state index contributed by atoms with van der Waals surface area (Å²) in [6.07, 6.45) is 7.28. The molecule has 2 aromatic heterocycles. The van der Waals surface area contributed by atoms with E-state index in [-0.39, 0.29) is 5.54 Å².